The van der Waals surface area contributed by atoms with E-state index in [0.717, 1.165) is 13.8 Å². The lowest BCUT2D eigenvalue weighted by Crippen LogP contribution is -2.16. The molecule has 1 unspecified atom stereocenters. The second-order valence-corrected chi connectivity index (χ2v) is 2.35. The first-order valence-electron chi connectivity index (χ1n) is 3.20. The van der Waals surface area contributed by atoms with Crippen molar-refractivity contribution >= 4 is 5.97 Å². The van der Waals surface area contributed by atoms with Crippen LogP contribution in [0, 0.1) is 0 Å². The van der Waals surface area contributed by atoms with Crippen molar-refractivity contribution in [1.29, 1.82) is 0 Å². The standard InChI is InChI=1S/C7H9F3O2/c1-3(4(2)7(11)12)5(8)6(9)10/h5-6H,1-2H3,(H,11,12). The smallest absolute Gasteiger partial charge is 0.331 e. The van der Waals surface area contributed by atoms with Gasteiger partial charge < -0.3 is 5.11 Å². The van der Waals surface area contributed by atoms with Crippen LogP contribution in [-0.2, 0) is 4.79 Å². The SMILES string of the molecule is CC(C(=O)O)=C(C)C(F)C(F)F. The van der Waals surface area contributed by atoms with Gasteiger partial charge in [0.15, 0.2) is 6.17 Å². The van der Waals surface area contributed by atoms with E-state index in [4.69, 9.17) is 5.11 Å². The van der Waals surface area contributed by atoms with Gasteiger partial charge in [-0.05, 0) is 19.4 Å². The summed E-state index contributed by atoms with van der Waals surface area (Å²) in [5.41, 5.74) is -0.805. The minimum absolute atomic E-state index is 0.372. The minimum atomic E-state index is -3.17. The molecule has 0 rings (SSSR count). The maximum Gasteiger partial charge on any atom is 0.331 e. The maximum atomic E-state index is 12.5. The number of hydrogen-bond acceptors (Lipinski definition) is 1. The summed E-state index contributed by atoms with van der Waals surface area (Å²) in [4.78, 5) is 10.2. The number of aliphatic carboxylic acids is 1. The molecule has 0 amide bonds. The van der Waals surface area contributed by atoms with Crippen LogP contribution in [0.5, 0.6) is 0 Å². The Morgan fingerprint density at radius 3 is 1.92 bits per heavy atom. The van der Waals surface area contributed by atoms with E-state index in [1.807, 2.05) is 0 Å². The minimum Gasteiger partial charge on any atom is -0.478 e. The summed E-state index contributed by atoms with van der Waals surface area (Å²) in [7, 11) is 0. The molecule has 0 fully saturated rings. The molecule has 1 atom stereocenters. The average molecular weight is 182 g/mol. The first-order chi connectivity index (χ1) is 5.37. The lowest BCUT2D eigenvalue weighted by molar-refractivity contribution is -0.132. The zero-order valence-corrected chi connectivity index (χ0v) is 6.64. The van der Waals surface area contributed by atoms with E-state index >= 15 is 0 Å². The number of hydrogen-bond donors (Lipinski definition) is 1. The Bertz CT molecular complexity index is 211. The van der Waals surface area contributed by atoms with Crippen LogP contribution in [0.4, 0.5) is 13.2 Å². The Kier molecular flexibility index (Phi) is 3.79. The lowest BCUT2D eigenvalue weighted by atomic mass is 10.1. The van der Waals surface area contributed by atoms with Crippen molar-refractivity contribution < 1.29 is 23.1 Å². The van der Waals surface area contributed by atoms with Crippen molar-refractivity contribution in [3.63, 3.8) is 0 Å². The largest absolute Gasteiger partial charge is 0.478 e. The van der Waals surface area contributed by atoms with Crippen molar-refractivity contribution in [3.8, 4) is 0 Å². The number of allylic oxidation sites excluding steroid dienone is 1. The first kappa shape index (κ1) is 11.0. The topological polar surface area (TPSA) is 37.3 Å². The molecule has 2 nitrogen and oxygen atoms in total. The molecule has 0 spiro atoms. The van der Waals surface area contributed by atoms with Gasteiger partial charge in [0, 0.05) is 5.57 Å². The molecule has 70 valence electrons. The van der Waals surface area contributed by atoms with Gasteiger partial charge in [0.2, 0.25) is 0 Å². The number of carboxylic acid groups (broad SMARTS) is 1. The van der Waals surface area contributed by atoms with Gasteiger partial charge in [-0.15, -0.1) is 0 Å². The second kappa shape index (κ2) is 4.13. The summed E-state index contributed by atoms with van der Waals surface area (Å²) in [6.07, 6.45) is -5.65. The Morgan fingerprint density at radius 2 is 1.67 bits per heavy atom. The highest BCUT2D eigenvalue weighted by atomic mass is 19.3. The Morgan fingerprint density at radius 1 is 1.25 bits per heavy atom. The summed E-state index contributed by atoms with van der Waals surface area (Å²) >= 11 is 0. The summed E-state index contributed by atoms with van der Waals surface area (Å²) in [6.45, 7) is 2.13. The third kappa shape index (κ3) is 2.56. The average Bonchev–Trinajstić information content (AvgIpc) is 2.00. The van der Waals surface area contributed by atoms with Crippen LogP contribution in [0.15, 0.2) is 11.1 Å². The van der Waals surface area contributed by atoms with Gasteiger partial charge in [0.1, 0.15) is 0 Å². The zero-order valence-electron chi connectivity index (χ0n) is 6.64. The number of carboxylic acids is 1. The molecule has 0 aromatic carbocycles. The van der Waals surface area contributed by atoms with Crippen LogP contribution in [0.3, 0.4) is 0 Å². The van der Waals surface area contributed by atoms with Crippen LogP contribution >= 0.6 is 0 Å². The van der Waals surface area contributed by atoms with Crippen LogP contribution in [0.2, 0.25) is 0 Å². The lowest BCUT2D eigenvalue weighted by Gasteiger charge is -2.08. The first-order valence-corrected chi connectivity index (χ1v) is 3.20. The van der Waals surface area contributed by atoms with E-state index in [1.54, 1.807) is 0 Å². The molecular formula is C7H9F3O2. The number of alkyl halides is 3. The van der Waals surface area contributed by atoms with E-state index in [-0.39, 0.29) is 5.57 Å². The highest BCUT2D eigenvalue weighted by Crippen LogP contribution is 2.18. The third-order valence-corrected chi connectivity index (χ3v) is 1.55. The van der Waals surface area contributed by atoms with Crippen molar-refractivity contribution in [3.05, 3.63) is 11.1 Å². The summed E-state index contributed by atoms with van der Waals surface area (Å²) in [6, 6.07) is 0. The molecule has 12 heavy (non-hydrogen) atoms. The zero-order chi connectivity index (χ0) is 9.89. The molecular weight excluding hydrogens is 173 g/mol. The van der Waals surface area contributed by atoms with Crippen molar-refractivity contribution in [2.75, 3.05) is 0 Å². The molecule has 0 bridgehead atoms. The normalized spacial score (nSPS) is 15.8. The van der Waals surface area contributed by atoms with Gasteiger partial charge in [-0.25, -0.2) is 18.0 Å². The molecule has 0 aromatic rings. The highest BCUT2D eigenvalue weighted by molar-refractivity contribution is 5.86. The van der Waals surface area contributed by atoms with Crippen LogP contribution in [0.25, 0.3) is 0 Å². The second-order valence-electron chi connectivity index (χ2n) is 2.35. The van der Waals surface area contributed by atoms with Gasteiger partial charge in [-0.3, -0.25) is 0 Å². The molecule has 0 saturated carbocycles. The summed E-state index contributed by atoms with van der Waals surface area (Å²) in [5.74, 6) is -1.38. The van der Waals surface area contributed by atoms with E-state index < -0.39 is 24.1 Å². The fourth-order valence-corrected chi connectivity index (χ4v) is 0.564. The van der Waals surface area contributed by atoms with E-state index in [9.17, 15) is 18.0 Å². The van der Waals surface area contributed by atoms with E-state index in [2.05, 4.69) is 0 Å². The molecule has 0 saturated heterocycles. The summed E-state index contributed by atoms with van der Waals surface area (Å²) < 4.78 is 35.9. The molecule has 1 N–H and O–H groups in total. The Hall–Kier alpha value is -1.00. The molecule has 0 heterocycles. The van der Waals surface area contributed by atoms with Gasteiger partial charge in [-0.2, -0.15) is 0 Å². The molecule has 0 aromatic heterocycles. The third-order valence-electron chi connectivity index (χ3n) is 1.55. The number of carbonyl (C=O) groups is 1. The fourth-order valence-electron chi connectivity index (χ4n) is 0.564. The quantitative estimate of drug-likeness (QED) is 0.678. The van der Waals surface area contributed by atoms with Gasteiger partial charge in [0.25, 0.3) is 6.43 Å². The predicted molar refractivity (Wildman–Crippen MR) is 36.9 cm³/mol. The highest BCUT2D eigenvalue weighted by Gasteiger charge is 2.24. The van der Waals surface area contributed by atoms with E-state index in [1.165, 1.54) is 0 Å². The monoisotopic (exact) mass is 182 g/mol. The van der Waals surface area contributed by atoms with Crippen molar-refractivity contribution in [1.82, 2.24) is 0 Å². The van der Waals surface area contributed by atoms with Crippen molar-refractivity contribution in [2.45, 2.75) is 26.4 Å². The molecule has 0 aliphatic carbocycles. The van der Waals surface area contributed by atoms with Crippen LogP contribution in [0.1, 0.15) is 13.8 Å². The predicted octanol–water partition coefficient (Wildman–Crippen LogP) is 2.01. The summed E-state index contributed by atoms with van der Waals surface area (Å²) in [5, 5.41) is 8.31. The molecule has 0 aliphatic rings. The fraction of sp³-hybridized carbons (Fsp3) is 0.571. The Balaban J connectivity index is 4.66. The van der Waals surface area contributed by atoms with Crippen LogP contribution < -0.4 is 0 Å². The van der Waals surface area contributed by atoms with Crippen molar-refractivity contribution in [2.24, 2.45) is 0 Å². The maximum absolute atomic E-state index is 12.5. The number of rotatable bonds is 3. The number of halogens is 3. The molecule has 0 radical (unpaired) electrons. The van der Waals surface area contributed by atoms with Gasteiger partial charge in [0.05, 0.1) is 0 Å². The molecule has 5 heteroatoms. The molecule has 0 aliphatic heterocycles. The van der Waals surface area contributed by atoms with E-state index in [0.29, 0.717) is 0 Å². The van der Waals surface area contributed by atoms with Gasteiger partial charge in [-0.1, -0.05) is 0 Å². The van der Waals surface area contributed by atoms with Gasteiger partial charge >= 0.3 is 5.97 Å². The van der Waals surface area contributed by atoms with Crippen LogP contribution in [-0.4, -0.2) is 23.7 Å². The Labute approximate surface area is 67.7 Å².